The van der Waals surface area contributed by atoms with Crippen molar-refractivity contribution in [1.29, 1.82) is 0 Å². The number of sulfonamides is 1. The number of hydrogen-bond acceptors (Lipinski definition) is 3. The molecule has 0 spiro atoms. The second kappa shape index (κ2) is 9.85. The Bertz CT molecular complexity index is 1200. The fourth-order valence-electron chi connectivity index (χ4n) is 4.15. The topological polar surface area (TPSA) is 66.5 Å². The zero-order valence-corrected chi connectivity index (χ0v) is 19.3. The van der Waals surface area contributed by atoms with Crippen molar-refractivity contribution in [2.45, 2.75) is 30.7 Å². The van der Waals surface area contributed by atoms with Crippen molar-refractivity contribution in [3.63, 3.8) is 0 Å². The number of amides is 1. The third kappa shape index (κ3) is 5.31. The van der Waals surface area contributed by atoms with Crippen molar-refractivity contribution >= 4 is 15.9 Å². The lowest BCUT2D eigenvalue weighted by Crippen LogP contribution is -2.46. The molecule has 1 fully saturated rings. The fourth-order valence-corrected chi connectivity index (χ4v) is 5.68. The number of nitrogens with zero attached hydrogens (tertiary/aromatic N) is 1. The van der Waals surface area contributed by atoms with Gasteiger partial charge >= 0.3 is 0 Å². The molecule has 33 heavy (non-hydrogen) atoms. The van der Waals surface area contributed by atoms with Crippen molar-refractivity contribution in [3.05, 3.63) is 101 Å². The molecule has 1 aliphatic rings. The lowest BCUT2D eigenvalue weighted by Gasteiger charge is -2.32. The largest absolute Gasteiger partial charge is 0.345 e. The summed E-state index contributed by atoms with van der Waals surface area (Å²) >= 11 is 0. The van der Waals surface area contributed by atoms with Gasteiger partial charge in [-0.15, -0.1) is 0 Å². The summed E-state index contributed by atoms with van der Waals surface area (Å²) in [6, 6.07) is 22.2. The molecule has 0 aliphatic carbocycles. The van der Waals surface area contributed by atoms with Gasteiger partial charge in [-0.2, -0.15) is 4.31 Å². The van der Waals surface area contributed by atoms with Crippen molar-refractivity contribution in [3.8, 4) is 0 Å². The van der Waals surface area contributed by atoms with Gasteiger partial charge in [0.2, 0.25) is 15.9 Å². The predicted octanol–water partition coefficient (Wildman–Crippen LogP) is 4.44. The molecule has 7 heteroatoms. The Morgan fingerprint density at radius 1 is 0.970 bits per heavy atom. The van der Waals surface area contributed by atoms with E-state index >= 15 is 0 Å². The molecule has 0 aromatic heterocycles. The van der Waals surface area contributed by atoms with Gasteiger partial charge < -0.3 is 5.32 Å². The molecule has 1 amide bonds. The third-order valence-electron chi connectivity index (χ3n) is 6.04. The molecule has 2 atom stereocenters. The third-order valence-corrected chi connectivity index (χ3v) is 7.92. The van der Waals surface area contributed by atoms with Crippen LogP contribution in [-0.2, 0) is 14.8 Å². The minimum atomic E-state index is -3.80. The second-order valence-corrected chi connectivity index (χ2v) is 10.4. The number of rotatable bonds is 6. The number of carbonyl (C=O) groups is 1. The van der Waals surface area contributed by atoms with E-state index in [1.807, 2.05) is 61.5 Å². The molecule has 4 rings (SSSR count). The van der Waals surface area contributed by atoms with E-state index in [0.29, 0.717) is 19.4 Å². The Morgan fingerprint density at radius 3 is 2.27 bits per heavy atom. The Labute approximate surface area is 194 Å². The van der Waals surface area contributed by atoms with E-state index in [1.54, 1.807) is 0 Å². The van der Waals surface area contributed by atoms with Crippen molar-refractivity contribution in [1.82, 2.24) is 9.62 Å². The summed E-state index contributed by atoms with van der Waals surface area (Å²) in [5.74, 6) is -1.14. The number of halogens is 1. The van der Waals surface area contributed by atoms with E-state index in [2.05, 4.69) is 5.32 Å². The first kappa shape index (κ1) is 23.1. The van der Waals surface area contributed by atoms with Gasteiger partial charge in [0.15, 0.2) is 0 Å². The van der Waals surface area contributed by atoms with E-state index in [-0.39, 0.29) is 23.4 Å². The lowest BCUT2D eigenvalue weighted by molar-refractivity contribution is -0.126. The van der Waals surface area contributed by atoms with Crippen LogP contribution in [0.15, 0.2) is 83.8 Å². The van der Waals surface area contributed by atoms with Gasteiger partial charge in [0.1, 0.15) is 5.82 Å². The average Bonchev–Trinajstić information content (AvgIpc) is 2.84. The maximum atomic E-state index is 13.3. The monoisotopic (exact) mass is 466 g/mol. The minimum Gasteiger partial charge on any atom is -0.345 e. The van der Waals surface area contributed by atoms with E-state index in [0.717, 1.165) is 28.8 Å². The van der Waals surface area contributed by atoms with Gasteiger partial charge in [0, 0.05) is 13.1 Å². The molecule has 0 radical (unpaired) electrons. The summed E-state index contributed by atoms with van der Waals surface area (Å²) in [6.45, 7) is 2.45. The smallest absolute Gasteiger partial charge is 0.243 e. The van der Waals surface area contributed by atoms with Crippen LogP contribution in [0, 0.1) is 18.7 Å². The Hall–Kier alpha value is -3.03. The molecule has 0 saturated carbocycles. The van der Waals surface area contributed by atoms with E-state index in [1.165, 1.54) is 16.4 Å². The number of benzene rings is 3. The first-order valence-corrected chi connectivity index (χ1v) is 12.5. The van der Waals surface area contributed by atoms with Crippen LogP contribution >= 0.6 is 0 Å². The predicted molar refractivity (Wildman–Crippen MR) is 125 cm³/mol. The van der Waals surface area contributed by atoms with Crippen LogP contribution in [0.2, 0.25) is 0 Å². The molecule has 5 nitrogen and oxygen atoms in total. The number of hydrogen-bond donors (Lipinski definition) is 1. The first-order chi connectivity index (χ1) is 15.8. The molecule has 172 valence electrons. The normalized spacial score (nSPS) is 17.9. The molecular weight excluding hydrogens is 439 g/mol. The van der Waals surface area contributed by atoms with Gasteiger partial charge in [0.05, 0.1) is 16.9 Å². The zero-order valence-electron chi connectivity index (χ0n) is 18.4. The van der Waals surface area contributed by atoms with Crippen molar-refractivity contribution in [2.24, 2.45) is 5.92 Å². The van der Waals surface area contributed by atoms with E-state index in [9.17, 15) is 17.6 Å². The molecule has 1 saturated heterocycles. The number of aryl methyl sites for hydroxylation is 1. The maximum absolute atomic E-state index is 13.3. The molecule has 1 aliphatic heterocycles. The molecule has 1 heterocycles. The molecule has 0 bridgehead atoms. The SMILES string of the molecule is Cc1ccc(C(NC(=O)C2CCCN(S(=O)(=O)c3ccc(F)cc3)C2)c2ccccc2)cc1. The Balaban J connectivity index is 1.53. The highest BCUT2D eigenvalue weighted by atomic mass is 32.2. The summed E-state index contributed by atoms with van der Waals surface area (Å²) in [5.41, 5.74) is 3.05. The second-order valence-electron chi connectivity index (χ2n) is 8.42. The van der Waals surface area contributed by atoms with Crippen LogP contribution in [0.3, 0.4) is 0 Å². The van der Waals surface area contributed by atoms with Crippen LogP contribution < -0.4 is 5.32 Å². The molecule has 2 unspecified atom stereocenters. The molecule has 3 aromatic carbocycles. The van der Waals surface area contributed by atoms with Gasteiger partial charge in [-0.1, -0.05) is 60.2 Å². The van der Waals surface area contributed by atoms with Gasteiger partial charge in [-0.3, -0.25) is 4.79 Å². The Morgan fingerprint density at radius 2 is 1.61 bits per heavy atom. The number of nitrogens with one attached hydrogen (secondary N) is 1. The first-order valence-electron chi connectivity index (χ1n) is 11.0. The van der Waals surface area contributed by atoms with Gasteiger partial charge in [0.25, 0.3) is 0 Å². The Kier molecular flexibility index (Phi) is 6.91. The number of carbonyl (C=O) groups excluding carboxylic acids is 1. The van der Waals surface area contributed by atoms with Crippen LogP contribution in [0.1, 0.15) is 35.6 Å². The molecule has 1 N–H and O–H groups in total. The summed E-state index contributed by atoms with van der Waals surface area (Å²) in [7, 11) is -3.80. The summed E-state index contributed by atoms with van der Waals surface area (Å²) in [6.07, 6.45) is 1.19. The molecular formula is C26H27FN2O3S. The summed E-state index contributed by atoms with van der Waals surface area (Å²) < 4.78 is 40.6. The highest BCUT2D eigenvalue weighted by Gasteiger charge is 2.34. The summed E-state index contributed by atoms with van der Waals surface area (Å²) in [5, 5.41) is 3.15. The lowest BCUT2D eigenvalue weighted by atomic mass is 9.94. The van der Waals surface area contributed by atoms with Crippen LogP contribution in [0.25, 0.3) is 0 Å². The highest BCUT2D eigenvalue weighted by molar-refractivity contribution is 7.89. The van der Waals surface area contributed by atoms with Crippen LogP contribution in [-0.4, -0.2) is 31.7 Å². The quantitative estimate of drug-likeness (QED) is 0.584. The van der Waals surface area contributed by atoms with E-state index < -0.39 is 21.8 Å². The average molecular weight is 467 g/mol. The van der Waals surface area contributed by atoms with Crippen molar-refractivity contribution < 1.29 is 17.6 Å². The van der Waals surface area contributed by atoms with Crippen LogP contribution in [0.4, 0.5) is 4.39 Å². The highest BCUT2D eigenvalue weighted by Crippen LogP contribution is 2.27. The zero-order chi connectivity index (χ0) is 23.4. The molecule has 3 aromatic rings. The summed E-state index contributed by atoms with van der Waals surface area (Å²) in [4.78, 5) is 13.3. The van der Waals surface area contributed by atoms with Gasteiger partial charge in [-0.05, 0) is 55.2 Å². The fraction of sp³-hybridized carbons (Fsp3) is 0.269. The van der Waals surface area contributed by atoms with Crippen molar-refractivity contribution in [2.75, 3.05) is 13.1 Å². The standard InChI is InChI=1S/C26H27FN2O3S/c1-19-9-11-21(12-10-19)25(20-6-3-2-4-7-20)28-26(30)22-8-5-17-29(18-22)33(31,32)24-15-13-23(27)14-16-24/h2-4,6-7,9-16,22,25H,5,8,17-18H2,1H3,(H,28,30). The van der Waals surface area contributed by atoms with Gasteiger partial charge in [-0.25, -0.2) is 12.8 Å². The van der Waals surface area contributed by atoms with Crippen LogP contribution in [0.5, 0.6) is 0 Å². The number of piperidine rings is 1. The van der Waals surface area contributed by atoms with E-state index in [4.69, 9.17) is 0 Å². The maximum Gasteiger partial charge on any atom is 0.243 e. The minimum absolute atomic E-state index is 0.0341.